The number of nitrogens with zero attached hydrogens (tertiary/aromatic N) is 2. The second-order valence-corrected chi connectivity index (χ2v) is 6.95. The first-order valence-corrected chi connectivity index (χ1v) is 9.14. The zero-order valence-electron chi connectivity index (χ0n) is 15.3. The van der Waals surface area contributed by atoms with Gasteiger partial charge in [-0.05, 0) is 30.9 Å². The lowest BCUT2D eigenvalue weighted by Crippen LogP contribution is -2.53. The number of nitrogens with one attached hydrogen (secondary N) is 2. The molecule has 0 aliphatic carbocycles. The highest BCUT2D eigenvalue weighted by Crippen LogP contribution is 2.07. The normalized spacial score (nSPS) is 15.2. The van der Waals surface area contributed by atoms with Crippen molar-refractivity contribution >= 4 is 17.6 Å². The molecule has 0 bridgehead atoms. The lowest BCUT2D eigenvalue weighted by Gasteiger charge is -2.34. The van der Waals surface area contributed by atoms with Crippen LogP contribution in [0.2, 0.25) is 0 Å². The molecule has 1 heterocycles. The first-order chi connectivity index (χ1) is 12.0. The molecular weight excluding hydrogens is 316 g/mol. The number of rotatable bonds is 7. The third-order valence-electron chi connectivity index (χ3n) is 4.32. The van der Waals surface area contributed by atoms with Crippen LogP contribution >= 0.6 is 0 Å². The van der Waals surface area contributed by atoms with Crippen molar-refractivity contribution in [3.63, 3.8) is 0 Å². The van der Waals surface area contributed by atoms with Crippen molar-refractivity contribution in [3.05, 3.63) is 30.3 Å². The summed E-state index contributed by atoms with van der Waals surface area (Å²) in [7, 11) is 0. The number of hydrogen-bond acceptors (Lipinski definition) is 3. The summed E-state index contributed by atoms with van der Waals surface area (Å²) in [5.74, 6) is 0.653. The molecule has 25 heavy (non-hydrogen) atoms. The molecular formula is C19H30N4O2. The molecule has 2 N–H and O–H groups in total. The lowest BCUT2D eigenvalue weighted by molar-refractivity contribution is -0.117. The Kier molecular flexibility index (Phi) is 7.73. The van der Waals surface area contributed by atoms with Gasteiger partial charge < -0.3 is 15.5 Å². The molecule has 6 nitrogen and oxygen atoms in total. The summed E-state index contributed by atoms with van der Waals surface area (Å²) in [4.78, 5) is 28.1. The van der Waals surface area contributed by atoms with Crippen molar-refractivity contribution in [2.75, 3.05) is 44.6 Å². The summed E-state index contributed by atoms with van der Waals surface area (Å²) in [6, 6.07) is 9.47. The van der Waals surface area contributed by atoms with Gasteiger partial charge in [-0.25, -0.2) is 4.79 Å². The van der Waals surface area contributed by atoms with Crippen LogP contribution in [0.5, 0.6) is 0 Å². The zero-order valence-corrected chi connectivity index (χ0v) is 15.3. The van der Waals surface area contributed by atoms with Crippen LogP contribution in [-0.2, 0) is 4.79 Å². The van der Waals surface area contributed by atoms with E-state index in [0.717, 1.165) is 38.2 Å². The van der Waals surface area contributed by atoms with Crippen molar-refractivity contribution in [1.82, 2.24) is 15.1 Å². The van der Waals surface area contributed by atoms with Gasteiger partial charge >= 0.3 is 6.03 Å². The molecule has 0 aromatic heterocycles. The number of urea groups is 1. The topological polar surface area (TPSA) is 64.7 Å². The van der Waals surface area contributed by atoms with Crippen molar-refractivity contribution < 1.29 is 9.59 Å². The van der Waals surface area contributed by atoms with Crippen LogP contribution in [-0.4, -0.2) is 61.0 Å². The monoisotopic (exact) mass is 346 g/mol. The number of amides is 3. The number of para-hydroxylation sites is 1. The van der Waals surface area contributed by atoms with E-state index >= 15 is 0 Å². The third-order valence-corrected chi connectivity index (χ3v) is 4.32. The van der Waals surface area contributed by atoms with Crippen LogP contribution in [0.25, 0.3) is 0 Å². The molecule has 0 spiro atoms. The maximum Gasteiger partial charge on any atom is 0.317 e. The van der Waals surface area contributed by atoms with E-state index in [1.807, 2.05) is 35.2 Å². The molecule has 3 amide bonds. The minimum Gasteiger partial charge on any atom is -0.338 e. The predicted molar refractivity (Wildman–Crippen MR) is 101 cm³/mol. The van der Waals surface area contributed by atoms with Crippen LogP contribution in [0.1, 0.15) is 26.7 Å². The molecule has 0 unspecified atom stereocenters. The van der Waals surface area contributed by atoms with Gasteiger partial charge in [0.25, 0.3) is 0 Å². The molecule has 1 aliphatic heterocycles. The highest BCUT2D eigenvalue weighted by Gasteiger charge is 2.22. The van der Waals surface area contributed by atoms with E-state index in [4.69, 9.17) is 0 Å². The van der Waals surface area contributed by atoms with E-state index in [1.54, 1.807) is 0 Å². The van der Waals surface area contributed by atoms with Crippen LogP contribution < -0.4 is 10.6 Å². The summed E-state index contributed by atoms with van der Waals surface area (Å²) in [5.41, 5.74) is 0.812. The fourth-order valence-corrected chi connectivity index (χ4v) is 2.85. The molecule has 6 heteroatoms. The van der Waals surface area contributed by atoms with Gasteiger partial charge in [0, 0.05) is 38.4 Å². The molecule has 138 valence electrons. The number of carbonyl (C=O) groups is 2. The van der Waals surface area contributed by atoms with Crippen molar-refractivity contribution in [2.45, 2.75) is 26.7 Å². The molecule has 1 aromatic carbocycles. The smallest absolute Gasteiger partial charge is 0.317 e. The third kappa shape index (κ3) is 7.13. The molecule has 0 atom stereocenters. The molecule has 0 radical (unpaired) electrons. The summed E-state index contributed by atoms with van der Waals surface area (Å²) in [5, 5.41) is 5.88. The van der Waals surface area contributed by atoms with Gasteiger partial charge in [-0.15, -0.1) is 0 Å². The average Bonchev–Trinajstić information content (AvgIpc) is 2.60. The van der Waals surface area contributed by atoms with Crippen LogP contribution in [0.3, 0.4) is 0 Å². The summed E-state index contributed by atoms with van der Waals surface area (Å²) in [6.07, 6.45) is 2.15. The van der Waals surface area contributed by atoms with Gasteiger partial charge in [0.2, 0.25) is 5.91 Å². The van der Waals surface area contributed by atoms with Crippen LogP contribution in [0.4, 0.5) is 10.5 Å². The Bertz CT molecular complexity index is 540. The largest absolute Gasteiger partial charge is 0.338 e. The Balaban J connectivity index is 1.63. The van der Waals surface area contributed by atoms with E-state index in [0.29, 0.717) is 25.6 Å². The van der Waals surface area contributed by atoms with E-state index in [2.05, 4.69) is 29.4 Å². The predicted octanol–water partition coefficient (Wildman–Crippen LogP) is 2.39. The van der Waals surface area contributed by atoms with Crippen molar-refractivity contribution in [3.8, 4) is 0 Å². The fourth-order valence-electron chi connectivity index (χ4n) is 2.85. The Labute approximate surface area is 150 Å². The summed E-state index contributed by atoms with van der Waals surface area (Å²) < 4.78 is 0. The van der Waals surface area contributed by atoms with Crippen molar-refractivity contribution in [2.24, 2.45) is 5.92 Å². The number of carbonyl (C=O) groups excluding carboxylic acids is 2. The highest BCUT2D eigenvalue weighted by atomic mass is 16.2. The number of benzene rings is 1. The standard InChI is InChI=1S/C19H30N4O2/c1-16(2)7-6-10-20-19(25)23-13-11-22(12-14-23)15-18(24)21-17-8-4-3-5-9-17/h3-5,8-9,16H,6-7,10-15H2,1-2H3,(H,20,25)(H,21,24). The van der Waals surface area contributed by atoms with Crippen molar-refractivity contribution in [1.29, 1.82) is 0 Å². The second-order valence-electron chi connectivity index (χ2n) is 6.95. The first kappa shape index (κ1) is 19.2. The molecule has 1 aliphatic rings. The summed E-state index contributed by atoms with van der Waals surface area (Å²) >= 11 is 0. The van der Waals surface area contributed by atoms with Gasteiger partial charge in [-0.2, -0.15) is 0 Å². The molecule has 0 saturated carbocycles. The fraction of sp³-hybridized carbons (Fsp3) is 0.579. The zero-order chi connectivity index (χ0) is 18.1. The first-order valence-electron chi connectivity index (χ1n) is 9.14. The minimum atomic E-state index is -0.0159. The van der Waals surface area contributed by atoms with E-state index < -0.39 is 0 Å². The van der Waals surface area contributed by atoms with E-state index in [-0.39, 0.29) is 11.9 Å². The molecule has 1 saturated heterocycles. The Morgan fingerprint density at radius 3 is 2.40 bits per heavy atom. The second kappa shape index (κ2) is 10.0. The molecule has 1 aromatic rings. The Hall–Kier alpha value is -2.08. The summed E-state index contributed by atoms with van der Waals surface area (Å²) in [6.45, 7) is 8.24. The molecule has 2 rings (SSSR count). The SMILES string of the molecule is CC(C)CCCNC(=O)N1CCN(CC(=O)Nc2ccccc2)CC1. The Morgan fingerprint density at radius 1 is 1.08 bits per heavy atom. The van der Waals surface area contributed by atoms with Crippen LogP contribution in [0.15, 0.2) is 30.3 Å². The van der Waals surface area contributed by atoms with Crippen LogP contribution in [0, 0.1) is 5.92 Å². The average molecular weight is 346 g/mol. The maximum atomic E-state index is 12.1. The maximum absolute atomic E-state index is 12.1. The van der Waals surface area contributed by atoms with Gasteiger partial charge in [0.15, 0.2) is 0 Å². The highest BCUT2D eigenvalue weighted by molar-refractivity contribution is 5.92. The number of hydrogen-bond donors (Lipinski definition) is 2. The van der Waals surface area contributed by atoms with Gasteiger partial charge in [0.1, 0.15) is 0 Å². The lowest BCUT2D eigenvalue weighted by atomic mass is 10.1. The van der Waals surface area contributed by atoms with Gasteiger partial charge in [-0.1, -0.05) is 32.0 Å². The van der Waals surface area contributed by atoms with E-state index in [1.165, 1.54) is 0 Å². The Morgan fingerprint density at radius 2 is 1.76 bits per heavy atom. The minimum absolute atomic E-state index is 0.0112. The quantitative estimate of drug-likeness (QED) is 0.745. The van der Waals surface area contributed by atoms with E-state index in [9.17, 15) is 9.59 Å². The number of anilines is 1. The van der Waals surface area contributed by atoms with Gasteiger partial charge in [0.05, 0.1) is 6.54 Å². The molecule has 1 fully saturated rings. The number of piperazine rings is 1. The van der Waals surface area contributed by atoms with Gasteiger partial charge in [-0.3, -0.25) is 9.69 Å².